The lowest BCUT2D eigenvalue weighted by atomic mass is 9.99. The molecule has 138 valence electrons. The number of rotatable bonds is 8. The highest BCUT2D eigenvalue weighted by Crippen LogP contribution is 2.52. The summed E-state index contributed by atoms with van der Waals surface area (Å²) < 4.78 is 7.38. The third-order valence-electron chi connectivity index (χ3n) is 5.92. The van der Waals surface area contributed by atoms with Crippen LogP contribution in [-0.2, 0) is 24.6 Å². The van der Waals surface area contributed by atoms with Crippen molar-refractivity contribution in [2.45, 2.75) is 57.7 Å². The van der Waals surface area contributed by atoms with Crippen LogP contribution in [0.2, 0.25) is 6.32 Å². The molecule has 2 aliphatic carbocycles. The van der Waals surface area contributed by atoms with Crippen molar-refractivity contribution < 1.29 is 9.53 Å². The standard InChI is InChI=1S/C18H31BN4O2/c1-23-17-9-7-14-13(6-8-16(17)21-22-23)15(14)12-25-18(24)20-11-5-3-2-4-10-19/h13-15H,2-12,19H2,1H3,(H,20,24). The number of nitrogens with zero attached hydrogens (tertiary/aromatic N) is 3. The maximum Gasteiger partial charge on any atom is 0.407 e. The second kappa shape index (κ2) is 8.72. The number of aryl methyl sites for hydroxylation is 2. The normalized spacial score (nSPS) is 24.6. The quantitative estimate of drug-likeness (QED) is 0.577. The van der Waals surface area contributed by atoms with Gasteiger partial charge in [0.05, 0.1) is 18.0 Å². The molecule has 0 saturated heterocycles. The van der Waals surface area contributed by atoms with Crippen LogP contribution in [0.25, 0.3) is 0 Å². The smallest absolute Gasteiger partial charge is 0.407 e. The third kappa shape index (κ3) is 4.76. The number of fused-ring (bicyclic) bond motifs is 2. The van der Waals surface area contributed by atoms with Crippen molar-refractivity contribution in [3.05, 3.63) is 11.4 Å². The Hall–Kier alpha value is -1.53. The molecule has 3 rings (SSSR count). The van der Waals surface area contributed by atoms with E-state index in [1.807, 2.05) is 11.7 Å². The number of ether oxygens (including phenoxy) is 1. The molecule has 6 nitrogen and oxygen atoms in total. The summed E-state index contributed by atoms with van der Waals surface area (Å²) >= 11 is 0. The highest BCUT2D eigenvalue weighted by atomic mass is 16.5. The van der Waals surface area contributed by atoms with Gasteiger partial charge < -0.3 is 10.1 Å². The van der Waals surface area contributed by atoms with Gasteiger partial charge in [-0.25, -0.2) is 4.79 Å². The number of alkyl carbamates (subject to hydrolysis) is 1. The highest BCUT2D eigenvalue weighted by Gasteiger charge is 2.50. The van der Waals surface area contributed by atoms with Crippen molar-refractivity contribution in [3.63, 3.8) is 0 Å². The Kier molecular flexibility index (Phi) is 6.37. The lowest BCUT2D eigenvalue weighted by Gasteiger charge is -2.07. The molecule has 3 atom stereocenters. The molecule has 1 heterocycles. The monoisotopic (exact) mass is 346 g/mol. The SMILES string of the molecule is BCCCCCCNC(=O)OCC1C2CCc3nnn(C)c3CCC21. The summed E-state index contributed by atoms with van der Waals surface area (Å²) in [6, 6.07) is 0. The maximum atomic E-state index is 11.8. The number of hydrogen-bond acceptors (Lipinski definition) is 4. The molecule has 1 fully saturated rings. The van der Waals surface area contributed by atoms with Gasteiger partial charge in [-0.05, 0) is 49.9 Å². The summed E-state index contributed by atoms with van der Waals surface area (Å²) in [4.78, 5) is 11.8. The van der Waals surface area contributed by atoms with Crippen LogP contribution < -0.4 is 5.32 Å². The van der Waals surface area contributed by atoms with E-state index in [-0.39, 0.29) is 6.09 Å². The van der Waals surface area contributed by atoms with Gasteiger partial charge in [0.1, 0.15) is 7.85 Å². The van der Waals surface area contributed by atoms with Crippen molar-refractivity contribution >= 4 is 13.9 Å². The predicted molar refractivity (Wildman–Crippen MR) is 99.3 cm³/mol. The van der Waals surface area contributed by atoms with E-state index in [4.69, 9.17) is 4.74 Å². The summed E-state index contributed by atoms with van der Waals surface area (Å²) in [6.45, 7) is 1.30. The van der Waals surface area contributed by atoms with E-state index in [0.29, 0.717) is 24.4 Å². The van der Waals surface area contributed by atoms with Crippen LogP contribution in [0, 0.1) is 17.8 Å². The Morgan fingerprint density at radius 3 is 2.80 bits per heavy atom. The van der Waals surface area contributed by atoms with Crippen LogP contribution in [-0.4, -0.2) is 42.1 Å². The molecule has 0 radical (unpaired) electrons. The molecule has 1 aromatic heterocycles. The van der Waals surface area contributed by atoms with Gasteiger partial charge in [-0.15, -0.1) is 5.10 Å². The van der Waals surface area contributed by atoms with Crippen LogP contribution in [0.1, 0.15) is 49.9 Å². The van der Waals surface area contributed by atoms with Crippen molar-refractivity contribution in [2.24, 2.45) is 24.8 Å². The fourth-order valence-electron chi connectivity index (χ4n) is 4.30. The van der Waals surface area contributed by atoms with E-state index in [9.17, 15) is 4.79 Å². The summed E-state index contributed by atoms with van der Waals surface area (Å²) in [6.07, 6.45) is 10.1. The Labute approximate surface area is 151 Å². The zero-order valence-electron chi connectivity index (χ0n) is 15.7. The first-order chi connectivity index (χ1) is 12.2. The molecule has 7 heteroatoms. The second-order valence-electron chi connectivity index (χ2n) is 7.61. The third-order valence-corrected chi connectivity index (χ3v) is 5.92. The Morgan fingerprint density at radius 1 is 1.24 bits per heavy atom. The van der Waals surface area contributed by atoms with Crippen molar-refractivity contribution in [3.8, 4) is 0 Å². The fourth-order valence-corrected chi connectivity index (χ4v) is 4.30. The summed E-state index contributed by atoms with van der Waals surface area (Å²) in [5.74, 6) is 1.93. The van der Waals surface area contributed by atoms with Crippen LogP contribution in [0.5, 0.6) is 0 Å². The first kappa shape index (κ1) is 18.3. The molecule has 0 aromatic carbocycles. The largest absolute Gasteiger partial charge is 0.449 e. The molecule has 25 heavy (non-hydrogen) atoms. The van der Waals surface area contributed by atoms with Gasteiger partial charge in [0, 0.05) is 13.6 Å². The van der Waals surface area contributed by atoms with Gasteiger partial charge in [-0.2, -0.15) is 0 Å². The van der Waals surface area contributed by atoms with Gasteiger partial charge in [0.2, 0.25) is 0 Å². The Bertz CT molecular complexity index is 577. The molecular weight excluding hydrogens is 315 g/mol. The molecule has 0 bridgehead atoms. The van der Waals surface area contributed by atoms with E-state index in [1.165, 1.54) is 31.3 Å². The molecular formula is C18H31BN4O2. The first-order valence-corrected chi connectivity index (χ1v) is 9.98. The zero-order chi connectivity index (χ0) is 17.6. The van der Waals surface area contributed by atoms with E-state index < -0.39 is 0 Å². The van der Waals surface area contributed by atoms with E-state index in [2.05, 4.69) is 23.5 Å². The molecule has 0 spiro atoms. The molecule has 1 saturated carbocycles. The average Bonchev–Trinajstić information content (AvgIpc) is 3.13. The Morgan fingerprint density at radius 2 is 2.00 bits per heavy atom. The van der Waals surface area contributed by atoms with Gasteiger partial charge in [-0.3, -0.25) is 4.68 Å². The summed E-state index contributed by atoms with van der Waals surface area (Å²) in [5, 5.41) is 11.3. The number of hydrogen-bond donors (Lipinski definition) is 1. The average molecular weight is 346 g/mol. The Balaban J connectivity index is 1.32. The molecule has 1 N–H and O–H groups in total. The maximum absolute atomic E-state index is 11.8. The summed E-state index contributed by atoms with van der Waals surface area (Å²) in [5.41, 5.74) is 2.44. The summed E-state index contributed by atoms with van der Waals surface area (Å²) in [7, 11) is 4.19. The van der Waals surface area contributed by atoms with E-state index in [1.54, 1.807) is 0 Å². The molecule has 0 aliphatic heterocycles. The number of carbonyl (C=O) groups excluding carboxylic acids is 1. The van der Waals surface area contributed by atoms with Crippen LogP contribution in [0.4, 0.5) is 4.79 Å². The first-order valence-electron chi connectivity index (χ1n) is 9.98. The van der Waals surface area contributed by atoms with Gasteiger partial charge in [0.15, 0.2) is 0 Å². The van der Waals surface area contributed by atoms with Gasteiger partial charge in [-0.1, -0.05) is 30.8 Å². The minimum absolute atomic E-state index is 0.246. The fraction of sp³-hybridized carbons (Fsp3) is 0.833. The molecule has 3 unspecified atom stereocenters. The van der Waals surface area contributed by atoms with Crippen LogP contribution >= 0.6 is 0 Å². The van der Waals surface area contributed by atoms with E-state index >= 15 is 0 Å². The number of unbranched alkanes of at least 4 members (excludes halogenated alkanes) is 3. The number of amides is 1. The van der Waals surface area contributed by atoms with Crippen molar-refractivity contribution in [1.29, 1.82) is 0 Å². The molecule has 2 aliphatic rings. The molecule has 1 amide bonds. The van der Waals surface area contributed by atoms with E-state index in [0.717, 1.165) is 44.3 Å². The van der Waals surface area contributed by atoms with Gasteiger partial charge in [0.25, 0.3) is 0 Å². The predicted octanol–water partition coefficient (Wildman–Crippen LogP) is 1.89. The minimum atomic E-state index is -0.246. The highest BCUT2D eigenvalue weighted by molar-refractivity contribution is 6.08. The number of aromatic nitrogens is 3. The lowest BCUT2D eigenvalue weighted by Crippen LogP contribution is -2.26. The van der Waals surface area contributed by atoms with Crippen LogP contribution in [0.15, 0.2) is 0 Å². The zero-order valence-corrected chi connectivity index (χ0v) is 15.7. The molecule has 1 aromatic rings. The number of carbonyl (C=O) groups is 1. The van der Waals surface area contributed by atoms with Gasteiger partial charge >= 0.3 is 6.09 Å². The second-order valence-corrected chi connectivity index (χ2v) is 7.61. The van der Waals surface area contributed by atoms with Crippen LogP contribution in [0.3, 0.4) is 0 Å². The topological polar surface area (TPSA) is 69.0 Å². The minimum Gasteiger partial charge on any atom is -0.449 e. The lowest BCUT2D eigenvalue weighted by molar-refractivity contribution is 0.137. The van der Waals surface area contributed by atoms with Crippen molar-refractivity contribution in [1.82, 2.24) is 20.3 Å². The van der Waals surface area contributed by atoms with Crippen molar-refractivity contribution in [2.75, 3.05) is 13.2 Å². The number of nitrogens with one attached hydrogen (secondary N) is 1.